The monoisotopic (exact) mass is 772 g/mol. The van der Waals surface area contributed by atoms with Crippen LogP contribution in [0.15, 0.2) is 87.6 Å². The number of benzene rings is 3. The molecule has 0 saturated carbocycles. The first-order valence-corrected chi connectivity index (χ1v) is 16.2. The van der Waals surface area contributed by atoms with Crippen LogP contribution in [0.1, 0.15) is 27.9 Å². The number of ether oxygens (including phenoxy) is 2. The molecule has 3 atom stereocenters. The van der Waals surface area contributed by atoms with E-state index < -0.39 is 41.5 Å². The first-order valence-electron chi connectivity index (χ1n) is 15.1. The lowest BCUT2D eigenvalue weighted by Crippen LogP contribution is -2.56. The fourth-order valence-corrected chi connectivity index (χ4v) is 6.41. The lowest BCUT2D eigenvalue weighted by atomic mass is 9.87. The van der Waals surface area contributed by atoms with Crippen molar-refractivity contribution < 1.29 is 43.2 Å². The highest BCUT2D eigenvalue weighted by atomic mass is 127. The topological polar surface area (TPSA) is 159 Å². The molecule has 0 aliphatic heterocycles. The number of hydrogen-bond donors (Lipinski definition) is 4. The molecular formula is C35H34FIN2O9. The quantitative estimate of drug-likeness (QED) is 0.125. The normalized spacial score (nSPS) is 17.5. The van der Waals surface area contributed by atoms with E-state index in [4.69, 9.17) is 13.9 Å². The van der Waals surface area contributed by atoms with Crippen molar-refractivity contribution >= 4 is 45.4 Å². The fraction of sp³-hybridized carbons (Fsp3) is 0.286. The summed E-state index contributed by atoms with van der Waals surface area (Å²) in [4.78, 5) is 42.0. The molecule has 252 valence electrons. The van der Waals surface area contributed by atoms with Gasteiger partial charge < -0.3 is 39.4 Å². The van der Waals surface area contributed by atoms with E-state index in [0.29, 0.717) is 20.1 Å². The molecule has 11 nitrogen and oxygen atoms in total. The molecule has 1 aromatic heterocycles. The summed E-state index contributed by atoms with van der Waals surface area (Å²) in [5.41, 5.74) is 0.420. The van der Waals surface area contributed by atoms with Crippen molar-refractivity contribution in [2.24, 2.45) is 0 Å². The lowest BCUT2D eigenvalue weighted by Gasteiger charge is -2.40. The van der Waals surface area contributed by atoms with Gasteiger partial charge in [-0.3, -0.25) is 9.59 Å². The van der Waals surface area contributed by atoms with E-state index in [1.54, 1.807) is 42.5 Å². The molecule has 5 rings (SSSR count). The van der Waals surface area contributed by atoms with Crippen LogP contribution in [0.4, 0.5) is 4.39 Å². The SMILES string of the molecule is COc1cc(CO)cc(I)c1O[C@H]1C=C(C(=O)NCCO)C[C@@H](N(CCc2cccc(F)c2)C(=O)c2cc3ccccc3oc2=O)[C@@H]1O. The van der Waals surface area contributed by atoms with Gasteiger partial charge in [-0.25, -0.2) is 9.18 Å². The molecule has 0 saturated heterocycles. The van der Waals surface area contributed by atoms with Gasteiger partial charge in [0.1, 0.15) is 29.2 Å². The maximum Gasteiger partial charge on any atom is 0.349 e. The number of nitrogens with one attached hydrogen (secondary N) is 1. The van der Waals surface area contributed by atoms with E-state index in [9.17, 15) is 34.1 Å². The zero-order chi connectivity index (χ0) is 34.4. The van der Waals surface area contributed by atoms with Crippen molar-refractivity contribution in [3.8, 4) is 11.5 Å². The Labute approximate surface area is 288 Å². The highest BCUT2D eigenvalue weighted by Crippen LogP contribution is 2.37. The molecule has 4 aromatic rings. The average Bonchev–Trinajstić information content (AvgIpc) is 3.08. The Hall–Kier alpha value is -4.31. The van der Waals surface area contributed by atoms with Crippen LogP contribution in [0, 0.1) is 9.39 Å². The van der Waals surface area contributed by atoms with Gasteiger partial charge >= 0.3 is 5.63 Å². The summed E-state index contributed by atoms with van der Waals surface area (Å²) in [5, 5.41) is 34.0. The maximum atomic E-state index is 14.3. The van der Waals surface area contributed by atoms with Crippen molar-refractivity contribution in [1.29, 1.82) is 0 Å². The Morgan fingerprint density at radius 3 is 2.60 bits per heavy atom. The van der Waals surface area contributed by atoms with Crippen LogP contribution in [-0.2, 0) is 17.8 Å². The Kier molecular flexibility index (Phi) is 11.5. The largest absolute Gasteiger partial charge is 0.493 e. The minimum atomic E-state index is -1.43. The summed E-state index contributed by atoms with van der Waals surface area (Å²) in [6, 6.07) is 16.1. The zero-order valence-electron chi connectivity index (χ0n) is 25.9. The molecule has 48 heavy (non-hydrogen) atoms. The number of para-hydroxylation sites is 1. The van der Waals surface area contributed by atoms with Crippen molar-refractivity contribution in [3.05, 3.63) is 115 Å². The molecule has 3 aromatic carbocycles. The molecule has 0 bridgehead atoms. The second kappa shape index (κ2) is 15.7. The van der Waals surface area contributed by atoms with Crippen LogP contribution < -0.4 is 20.4 Å². The smallest absolute Gasteiger partial charge is 0.349 e. The Morgan fingerprint density at radius 2 is 1.88 bits per heavy atom. The number of hydrogen-bond acceptors (Lipinski definition) is 9. The first-order chi connectivity index (χ1) is 23.1. The minimum absolute atomic E-state index is 0.0381. The number of nitrogens with zero attached hydrogens (tertiary/aromatic N) is 1. The zero-order valence-corrected chi connectivity index (χ0v) is 28.1. The van der Waals surface area contributed by atoms with Gasteiger partial charge in [0.25, 0.3) is 5.91 Å². The summed E-state index contributed by atoms with van der Waals surface area (Å²) >= 11 is 2.00. The van der Waals surface area contributed by atoms with Gasteiger partial charge in [-0.05, 0) is 82.6 Å². The van der Waals surface area contributed by atoms with Crippen LogP contribution in [0.5, 0.6) is 11.5 Å². The Morgan fingerprint density at radius 1 is 1.08 bits per heavy atom. The standard InChI is InChI=1S/C35H34FIN2O9/c1-46-30-15-21(19-41)14-26(37)32(30)47-29-18-23(33(43)38-10-12-40)17-27(31(29)42)39(11-9-20-5-4-7-24(36)13-20)34(44)25-16-22-6-2-3-8-28(22)48-35(25)45/h2-8,13-16,18,27,29,31,40-42H,9-12,17,19H2,1H3,(H,38,43)/t27-,29+,31+/m1/s1. The number of methoxy groups -OCH3 is 1. The summed E-state index contributed by atoms with van der Waals surface area (Å²) in [6.45, 7) is -0.668. The molecule has 13 heteroatoms. The third kappa shape index (κ3) is 7.86. The molecule has 4 N–H and O–H groups in total. The molecule has 2 amide bonds. The van der Waals surface area contributed by atoms with Gasteiger partial charge in [-0.1, -0.05) is 30.3 Å². The molecular weight excluding hydrogens is 738 g/mol. The van der Waals surface area contributed by atoms with Crippen LogP contribution in [0.25, 0.3) is 11.0 Å². The van der Waals surface area contributed by atoms with Crippen LogP contribution in [-0.4, -0.2) is 77.1 Å². The molecule has 0 fully saturated rings. The predicted molar refractivity (Wildman–Crippen MR) is 182 cm³/mol. The van der Waals surface area contributed by atoms with Crippen LogP contribution in [0.2, 0.25) is 0 Å². The second-order valence-electron chi connectivity index (χ2n) is 11.1. The second-order valence-corrected chi connectivity index (χ2v) is 12.3. The van der Waals surface area contributed by atoms with E-state index in [1.807, 2.05) is 22.6 Å². The Bertz CT molecular complexity index is 1900. The molecule has 1 heterocycles. The van der Waals surface area contributed by atoms with Gasteiger partial charge in [-0.15, -0.1) is 0 Å². The van der Waals surface area contributed by atoms with E-state index in [0.717, 1.165) is 0 Å². The summed E-state index contributed by atoms with van der Waals surface area (Å²) in [7, 11) is 1.42. The van der Waals surface area contributed by atoms with Crippen molar-refractivity contribution in [2.75, 3.05) is 26.8 Å². The van der Waals surface area contributed by atoms with Crippen LogP contribution in [0.3, 0.4) is 0 Å². The van der Waals surface area contributed by atoms with Gasteiger partial charge in [-0.2, -0.15) is 0 Å². The number of carbonyl (C=O) groups is 2. The van der Waals surface area contributed by atoms with E-state index in [1.165, 1.54) is 42.4 Å². The number of amides is 2. The Balaban J connectivity index is 1.58. The van der Waals surface area contributed by atoms with Crippen molar-refractivity contribution in [3.63, 3.8) is 0 Å². The third-order valence-electron chi connectivity index (χ3n) is 8.00. The average molecular weight is 773 g/mol. The van der Waals surface area contributed by atoms with E-state index >= 15 is 0 Å². The number of halogens is 2. The summed E-state index contributed by atoms with van der Waals surface area (Å²) in [6.07, 6.45) is -1.16. The van der Waals surface area contributed by atoms with Crippen LogP contribution >= 0.6 is 22.6 Å². The summed E-state index contributed by atoms with van der Waals surface area (Å²) < 4.78 is 31.9. The van der Waals surface area contributed by atoms with E-state index in [-0.39, 0.29) is 67.4 Å². The van der Waals surface area contributed by atoms with Crippen molar-refractivity contribution in [2.45, 2.75) is 37.7 Å². The number of aliphatic hydroxyl groups is 3. The van der Waals surface area contributed by atoms with Gasteiger partial charge in [0.15, 0.2) is 11.5 Å². The number of rotatable bonds is 12. The van der Waals surface area contributed by atoms with Crippen molar-refractivity contribution in [1.82, 2.24) is 10.2 Å². The van der Waals surface area contributed by atoms with Gasteiger partial charge in [0, 0.05) is 30.5 Å². The number of carbonyl (C=O) groups excluding carboxylic acids is 2. The minimum Gasteiger partial charge on any atom is -0.493 e. The highest BCUT2D eigenvalue weighted by Gasteiger charge is 2.41. The molecule has 0 radical (unpaired) electrons. The summed E-state index contributed by atoms with van der Waals surface area (Å²) in [5.74, 6) is -1.26. The predicted octanol–water partition coefficient (Wildman–Crippen LogP) is 3.34. The molecule has 1 aliphatic rings. The third-order valence-corrected chi connectivity index (χ3v) is 8.80. The molecule has 0 spiro atoms. The van der Waals surface area contributed by atoms with Gasteiger partial charge in [0.05, 0.1) is 29.9 Å². The molecule has 0 unspecified atom stereocenters. The molecule has 1 aliphatic carbocycles. The van der Waals surface area contributed by atoms with E-state index in [2.05, 4.69) is 5.32 Å². The first kappa shape index (κ1) is 35.0. The fourth-order valence-electron chi connectivity index (χ4n) is 5.62. The lowest BCUT2D eigenvalue weighted by molar-refractivity contribution is -0.118. The van der Waals surface area contributed by atoms with Gasteiger partial charge in [0.2, 0.25) is 5.91 Å². The maximum absolute atomic E-state index is 14.3. The highest BCUT2D eigenvalue weighted by molar-refractivity contribution is 14.1. The number of fused-ring (bicyclic) bond motifs is 1. The number of aliphatic hydroxyl groups excluding tert-OH is 3.